The van der Waals surface area contributed by atoms with Crippen LogP contribution in [0.3, 0.4) is 0 Å². The average molecular weight is 285 g/mol. The van der Waals surface area contributed by atoms with Crippen LogP contribution in [0.1, 0.15) is 55.3 Å². The summed E-state index contributed by atoms with van der Waals surface area (Å²) in [5.74, 6) is -0.238. The van der Waals surface area contributed by atoms with Crippen molar-refractivity contribution in [2.45, 2.75) is 56.9 Å². The molecular formula is C16H19N3O2. The van der Waals surface area contributed by atoms with Gasteiger partial charge < -0.3 is 10.4 Å². The van der Waals surface area contributed by atoms with Crippen LogP contribution in [0.2, 0.25) is 0 Å². The molecule has 5 heteroatoms. The first kappa shape index (κ1) is 13.9. The fourth-order valence-electron chi connectivity index (χ4n) is 3.30. The Labute approximate surface area is 124 Å². The maximum Gasteiger partial charge on any atom is 0.305 e. The third-order valence-corrected chi connectivity index (χ3v) is 4.61. The van der Waals surface area contributed by atoms with Crippen molar-refractivity contribution in [1.29, 1.82) is 5.26 Å². The smallest absolute Gasteiger partial charge is 0.305 e. The first-order valence-corrected chi connectivity index (χ1v) is 7.55. The summed E-state index contributed by atoms with van der Waals surface area (Å²) >= 11 is 0. The molecule has 21 heavy (non-hydrogen) atoms. The number of hydrogen-bond acceptors (Lipinski definition) is 4. The second kappa shape index (κ2) is 5.36. The molecule has 0 spiro atoms. The number of carboxylic acid groups (broad SMARTS) is 1. The Morgan fingerprint density at radius 1 is 1.38 bits per heavy atom. The number of fused-ring (bicyclic) bond motifs is 1. The molecular weight excluding hydrogens is 266 g/mol. The van der Waals surface area contributed by atoms with Crippen LogP contribution >= 0.6 is 0 Å². The minimum Gasteiger partial charge on any atom is -0.481 e. The van der Waals surface area contributed by atoms with E-state index in [4.69, 9.17) is 5.11 Å². The number of aromatic nitrogens is 1. The lowest BCUT2D eigenvalue weighted by molar-refractivity contribution is -0.138. The molecule has 0 radical (unpaired) electrons. The van der Waals surface area contributed by atoms with E-state index in [-0.39, 0.29) is 6.42 Å². The van der Waals surface area contributed by atoms with Crippen molar-refractivity contribution < 1.29 is 9.90 Å². The molecule has 110 valence electrons. The summed E-state index contributed by atoms with van der Waals surface area (Å²) in [5.41, 5.74) is 2.34. The number of anilines is 1. The van der Waals surface area contributed by atoms with Crippen molar-refractivity contribution in [2.75, 3.05) is 5.32 Å². The third kappa shape index (κ3) is 2.71. The van der Waals surface area contributed by atoms with Crippen LogP contribution in [0.5, 0.6) is 0 Å². The Morgan fingerprint density at radius 3 is 2.76 bits per heavy atom. The van der Waals surface area contributed by atoms with Gasteiger partial charge >= 0.3 is 5.97 Å². The predicted octanol–water partition coefficient (Wildman–Crippen LogP) is 2.64. The molecule has 1 aromatic rings. The number of nitrogens with zero attached hydrogens (tertiary/aromatic N) is 2. The molecule has 2 aliphatic rings. The van der Waals surface area contributed by atoms with E-state index in [1.165, 1.54) is 5.56 Å². The SMILES string of the molecule is N#Cc1cc2c(nc1NC1(CC(=O)O)CCC1)CCCC2. The van der Waals surface area contributed by atoms with E-state index in [0.29, 0.717) is 11.4 Å². The summed E-state index contributed by atoms with van der Waals surface area (Å²) in [6.07, 6.45) is 6.95. The fourth-order valence-corrected chi connectivity index (χ4v) is 3.30. The van der Waals surface area contributed by atoms with Crippen LogP contribution in [0.25, 0.3) is 0 Å². The second-order valence-corrected chi connectivity index (χ2v) is 6.14. The van der Waals surface area contributed by atoms with Gasteiger partial charge in [0.2, 0.25) is 0 Å². The van der Waals surface area contributed by atoms with E-state index in [1.807, 2.05) is 6.07 Å². The van der Waals surface area contributed by atoms with Crippen LogP contribution in [-0.4, -0.2) is 21.6 Å². The molecule has 1 heterocycles. The van der Waals surface area contributed by atoms with Crippen molar-refractivity contribution in [1.82, 2.24) is 4.98 Å². The van der Waals surface area contributed by atoms with Crippen LogP contribution < -0.4 is 5.32 Å². The first-order valence-electron chi connectivity index (χ1n) is 7.55. The number of carbonyl (C=O) groups is 1. The van der Waals surface area contributed by atoms with E-state index in [9.17, 15) is 10.1 Å². The molecule has 1 aromatic heterocycles. The summed E-state index contributed by atoms with van der Waals surface area (Å²) in [5, 5.41) is 21.7. The summed E-state index contributed by atoms with van der Waals surface area (Å²) in [7, 11) is 0. The molecule has 0 saturated heterocycles. The fraction of sp³-hybridized carbons (Fsp3) is 0.562. The highest BCUT2D eigenvalue weighted by Crippen LogP contribution is 2.39. The number of hydrogen-bond donors (Lipinski definition) is 2. The van der Waals surface area contributed by atoms with Gasteiger partial charge in [-0.25, -0.2) is 4.98 Å². The number of nitrogens with one attached hydrogen (secondary N) is 1. The molecule has 0 unspecified atom stereocenters. The highest BCUT2D eigenvalue weighted by molar-refractivity contribution is 5.70. The molecule has 0 aliphatic heterocycles. The highest BCUT2D eigenvalue weighted by Gasteiger charge is 2.40. The number of nitriles is 1. The Hall–Kier alpha value is -2.09. The molecule has 3 rings (SSSR count). The van der Waals surface area contributed by atoms with Gasteiger partial charge in [-0.1, -0.05) is 0 Å². The Balaban J connectivity index is 1.90. The molecule has 0 bridgehead atoms. The van der Waals surface area contributed by atoms with Crippen molar-refractivity contribution in [3.63, 3.8) is 0 Å². The third-order valence-electron chi connectivity index (χ3n) is 4.61. The topological polar surface area (TPSA) is 86.0 Å². The first-order chi connectivity index (χ1) is 10.1. The zero-order valence-electron chi connectivity index (χ0n) is 12.0. The Bertz CT molecular complexity index is 615. The Morgan fingerprint density at radius 2 is 2.14 bits per heavy atom. The standard InChI is InChI=1S/C16H19N3O2/c17-10-12-8-11-4-1-2-5-13(11)18-15(12)19-16(6-3-7-16)9-14(20)21/h8H,1-7,9H2,(H,18,19)(H,20,21). The lowest BCUT2D eigenvalue weighted by Gasteiger charge is -2.42. The van der Waals surface area contributed by atoms with E-state index >= 15 is 0 Å². The van der Waals surface area contributed by atoms with Crippen molar-refractivity contribution in [3.05, 3.63) is 22.9 Å². The molecule has 1 saturated carbocycles. The minimum absolute atomic E-state index is 0.0800. The summed E-state index contributed by atoms with van der Waals surface area (Å²) in [6, 6.07) is 4.12. The van der Waals surface area contributed by atoms with Crippen LogP contribution in [0.15, 0.2) is 6.07 Å². The summed E-state index contributed by atoms with van der Waals surface area (Å²) in [4.78, 5) is 15.7. The van der Waals surface area contributed by atoms with Gasteiger partial charge in [0.15, 0.2) is 0 Å². The molecule has 0 atom stereocenters. The van der Waals surface area contributed by atoms with Crippen molar-refractivity contribution in [3.8, 4) is 6.07 Å². The monoisotopic (exact) mass is 285 g/mol. The largest absolute Gasteiger partial charge is 0.481 e. The van der Waals surface area contributed by atoms with Crippen molar-refractivity contribution in [2.24, 2.45) is 0 Å². The van der Waals surface area contributed by atoms with Crippen molar-refractivity contribution >= 4 is 11.8 Å². The number of aliphatic carboxylic acids is 1. The molecule has 5 nitrogen and oxygen atoms in total. The van der Waals surface area contributed by atoms with Gasteiger partial charge in [-0.15, -0.1) is 0 Å². The van der Waals surface area contributed by atoms with Gasteiger partial charge in [-0.2, -0.15) is 5.26 Å². The highest BCUT2D eigenvalue weighted by atomic mass is 16.4. The minimum atomic E-state index is -0.807. The molecule has 0 aromatic carbocycles. The maximum atomic E-state index is 11.1. The van der Waals surface area contributed by atoms with Gasteiger partial charge in [0.1, 0.15) is 11.9 Å². The summed E-state index contributed by atoms with van der Waals surface area (Å²) in [6.45, 7) is 0. The molecule has 2 aliphatic carbocycles. The predicted molar refractivity (Wildman–Crippen MR) is 78.1 cm³/mol. The van der Waals surface area contributed by atoms with Gasteiger partial charge in [0.05, 0.1) is 12.0 Å². The normalized spacial score (nSPS) is 19.0. The zero-order chi connectivity index (χ0) is 14.9. The lowest BCUT2D eigenvalue weighted by atomic mass is 9.74. The molecule has 0 amide bonds. The van der Waals surface area contributed by atoms with Gasteiger partial charge in [-0.05, 0) is 56.6 Å². The Kier molecular flexibility index (Phi) is 3.54. The van der Waals surface area contributed by atoms with Crippen LogP contribution in [-0.2, 0) is 17.6 Å². The lowest BCUT2D eigenvalue weighted by Crippen LogP contribution is -2.47. The van der Waals surface area contributed by atoms with Gasteiger partial charge in [0, 0.05) is 11.2 Å². The van der Waals surface area contributed by atoms with E-state index in [2.05, 4.69) is 16.4 Å². The average Bonchev–Trinajstić information content (AvgIpc) is 2.43. The van der Waals surface area contributed by atoms with E-state index < -0.39 is 11.5 Å². The second-order valence-electron chi connectivity index (χ2n) is 6.14. The van der Waals surface area contributed by atoms with E-state index in [1.54, 1.807) is 0 Å². The summed E-state index contributed by atoms with van der Waals surface area (Å²) < 4.78 is 0. The van der Waals surface area contributed by atoms with Gasteiger partial charge in [0.25, 0.3) is 0 Å². The van der Waals surface area contributed by atoms with E-state index in [0.717, 1.165) is 50.6 Å². The maximum absolute atomic E-state index is 11.1. The zero-order valence-corrected chi connectivity index (χ0v) is 12.0. The number of aryl methyl sites for hydroxylation is 2. The number of rotatable bonds is 4. The van der Waals surface area contributed by atoms with Gasteiger partial charge in [-0.3, -0.25) is 4.79 Å². The van der Waals surface area contributed by atoms with Crippen LogP contribution in [0, 0.1) is 11.3 Å². The number of carboxylic acids is 1. The quantitative estimate of drug-likeness (QED) is 0.888. The van der Waals surface area contributed by atoms with Crippen LogP contribution in [0.4, 0.5) is 5.82 Å². The molecule has 1 fully saturated rings. The molecule has 2 N–H and O–H groups in total. The number of pyridine rings is 1.